The summed E-state index contributed by atoms with van der Waals surface area (Å²) in [6, 6.07) is 7.28. The molecule has 2 aliphatic heterocycles. The number of ether oxygens (including phenoxy) is 2. The first kappa shape index (κ1) is 23.6. The molecule has 3 rings (SSSR count). The number of rotatable bonds is 10. The first-order chi connectivity index (χ1) is 14.4. The maximum absolute atomic E-state index is 13.0. The molecule has 30 heavy (non-hydrogen) atoms. The van der Waals surface area contributed by atoms with Gasteiger partial charge in [0, 0.05) is 39.3 Å². The van der Waals surface area contributed by atoms with Crippen LogP contribution in [0.1, 0.15) is 44.6 Å². The predicted molar refractivity (Wildman–Crippen MR) is 116 cm³/mol. The smallest absolute Gasteiger partial charge is 0.243 e. The number of hydrogen-bond acceptors (Lipinski definition) is 6. The van der Waals surface area contributed by atoms with E-state index in [1.165, 1.54) is 0 Å². The van der Waals surface area contributed by atoms with Gasteiger partial charge >= 0.3 is 0 Å². The van der Waals surface area contributed by atoms with Gasteiger partial charge in [-0.25, -0.2) is 8.42 Å². The largest absolute Gasteiger partial charge is 0.389 e. The zero-order chi connectivity index (χ0) is 21.6. The highest BCUT2D eigenvalue weighted by Gasteiger charge is 2.29. The van der Waals surface area contributed by atoms with Crippen molar-refractivity contribution in [3.05, 3.63) is 29.8 Å². The highest BCUT2D eigenvalue weighted by Crippen LogP contribution is 2.23. The summed E-state index contributed by atoms with van der Waals surface area (Å²) in [5.41, 5.74) is 1.16. The van der Waals surface area contributed by atoms with Gasteiger partial charge in [0.2, 0.25) is 10.0 Å². The Bertz CT molecular complexity index is 741. The van der Waals surface area contributed by atoms with Crippen molar-refractivity contribution in [1.29, 1.82) is 0 Å². The topological polar surface area (TPSA) is 79.3 Å². The molecule has 170 valence electrons. The molecule has 2 saturated heterocycles. The van der Waals surface area contributed by atoms with Crippen LogP contribution in [0.4, 0.5) is 0 Å². The number of sulfonamides is 1. The maximum atomic E-state index is 13.0. The molecule has 1 aromatic carbocycles. The number of hydrogen-bond donors (Lipinski definition) is 1. The molecule has 0 aromatic heterocycles. The molecule has 7 nitrogen and oxygen atoms in total. The van der Waals surface area contributed by atoms with Crippen LogP contribution < -0.4 is 0 Å². The van der Waals surface area contributed by atoms with Crippen LogP contribution in [0.2, 0.25) is 0 Å². The van der Waals surface area contributed by atoms with Gasteiger partial charge in [0.1, 0.15) is 0 Å². The first-order valence-corrected chi connectivity index (χ1v) is 12.5. The molecule has 1 N–H and O–H groups in total. The number of piperazine rings is 1. The second-order valence-corrected chi connectivity index (χ2v) is 10.3. The van der Waals surface area contributed by atoms with Gasteiger partial charge in [0.25, 0.3) is 0 Å². The van der Waals surface area contributed by atoms with E-state index in [0.717, 1.165) is 31.4 Å². The lowest BCUT2D eigenvalue weighted by Crippen LogP contribution is -2.50. The van der Waals surface area contributed by atoms with E-state index < -0.39 is 16.1 Å². The van der Waals surface area contributed by atoms with Gasteiger partial charge in [-0.3, -0.25) is 4.90 Å². The van der Waals surface area contributed by atoms with Crippen LogP contribution in [-0.2, 0) is 19.5 Å². The molecule has 0 amide bonds. The summed E-state index contributed by atoms with van der Waals surface area (Å²) in [5, 5.41) is 10.2. The summed E-state index contributed by atoms with van der Waals surface area (Å²) in [7, 11) is -3.48. The summed E-state index contributed by atoms with van der Waals surface area (Å²) in [4.78, 5) is 2.45. The van der Waals surface area contributed by atoms with Crippen LogP contribution in [-0.4, -0.2) is 87.5 Å². The second kappa shape index (κ2) is 11.0. The third-order valence-electron chi connectivity index (χ3n) is 6.14. The molecule has 0 aliphatic carbocycles. The Balaban J connectivity index is 1.43. The number of nitrogens with zero attached hydrogens (tertiary/aromatic N) is 2. The molecule has 0 spiro atoms. The molecule has 2 fully saturated rings. The highest BCUT2D eigenvalue weighted by atomic mass is 32.2. The Hall–Kier alpha value is -1.03. The van der Waals surface area contributed by atoms with Crippen molar-refractivity contribution in [2.45, 2.75) is 56.1 Å². The Kier molecular flexibility index (Phi) is 8.68. The summed E-state index contributed by atoms with van der Waals surface area (Å²) in [6.07, 6.45) is 2.70. The van der Waals surface area contributed by atoms with Crippen molar-refractivity contribution < 1.29 is 23.0 Å². The van der Waals surface area contributed by atoms with E-state index in [0.29, 0.717) is 50.1 Å². The fourth-order valence-corrected chi connectivity index (χ4v) is 5.39. The van der Waals surface area contributed by atoms with E-state index >= 15 is 0 Å². The van der Waals surface area contributed by atoms with Gasteiger partial charge in [-0.05, 0) is 42.9 Å². The summed E-state index contributed by atoms with van der Waals surface area (Å²) < 4.78 is 38.6. The minimum Gasteiger partial charge on any atom is -0.389 e. The molecule has 2 heterocycles. The van der Waals surface area contributed by atoms with Gasteiger partial charge in [-0.15, -0.1) is 0 Å². The van der Waals surface area contributed by atoms with Crippen LogP contribution in [0.5, 0.6) is 0 Å². The third-order valence-corrected chi connectivity index (χ3v) is 8.05. The molecule has 1 aromatic rings. The van der Waals surface area contributed by atoms with Crippen LogP contribution in [0.25, 0.3) is 0 Å². The summed E-state index contributed by atoms with van der Waals surface area (Å²) in [5.74, 6) is 0.423. The molecular formula is C22H36N2O5S. The van der Waals surface area contributed by atoms with Crippen molar-refractivity contribution in [3.8, 4) is 0 Å². The molecule has 0 radical (unpaired) electrons. The molecule has 8 heteroatoms. The van der Waals surface area contributed by atoms with Crippen molar-refractivity contribution in [1.82, 2.24) is 9.21 Å². The van der Waals surface area contributed by atoms with Crippen molar-refractivity contribution >= 4 is 10.0 Å². The first-order valence-electron chi connectivity index (χ1n) is 11.1. The molecular weight excluding hydrogens is 404 g/mol. The monoisotopic (exact) mass is 440 g/mol. The van der Waals surface area contributed by atoms with Gasteiger partial charge in [-0.1, -0.05) is 26.0 Å². The van der Waals surface area contributed by atoms with Gasteiger partial charge in [0.15, 0.2) is 0 Å². The number of β-amino-alcohol motifs (C(OH)–C–C–N with tert-alkyl or cyclic N) is 1. The average Bonchev–Trinajstić information content (AvgIpc) is 3.27. The molecule has 0 unspecified atom stereocenters. The minimum atomic E-state index is -3.48. The zero-order valence-electron chi connectivity index (χ0n) is 18.2. The fraction of sp³-hybridized carbons (Fsp3) is 0.727. The quantitative estimate of drug-likeness (QED) is 0.600. The average molecular weight is 441 g/mol. The van der Waals surface area contributed by atoms with Crippen LogP contribution in [0.15, 0.2) is 29.2 Å². The SMILES string of the molecule is CC[C@H](C)c1ccc(S(=O)(=O)N2CCN(C[C@H](O)COC[C@H]3CCCO3)CC2)cc1. The van der Waals surface area contributed by atoms with Crippen molar-refractivity contribution in [3.63, 3.8) is 0 Å². The van der Waals surface area contributed by atoms with Crippen molar-refractivity contribution in [2.75, 3.05) is 52.5 Å². The van der Waals surface area contributed by atoms with E-state index in [9.17, 15) is 13.5 Å². The maximum Gasteiger partial charge on any atom is 0.243 e. The highest BCUT2D eigenvalue weighted by molar-refractivity contribution is 7.89. The van der Waals surface area contributed by atoms with E-state index in [4.69, 9.17) is 9.47 Å². The Morgan fingerprint density at radius 1 is 1.20 bits per heavy atom. The second-order valence-electron chi connectivity index (χ2n) is 8.41. The Morgan fingerprint density at radius 2 is 1.90 bits per heavy atom. The third kappa shape index (κ3) is 6.24. The zero-order valence-corrected chi connectivity index (χ0v) is 19.0. The van der Waals surface area contributed by atoms with E-state index in [1.807, 2.05) is 12.1 Å². The van der Waals surface area contributed by atoms with E-state index in [-0.39, 0.29) is 12.7 Å². The van der Waals surface area contributed by atoms with Crippen LogP contribution in [0, 0.1) is 0 Å². The lowest BCUT2D eigenvalue weighted by molar-refractivity contribution is -0.0270. The normalized spacial score (nSPS) is 23.5. The van der Waals surface area contributed by atoms with Gasteiger partial charge in [-0.2, -0.15) is 4.31 Å². The van der Waals surface area contributed by atoms with E-state index in [2.05, 4.69) is 18.7 Å². The van der Waals surface area contributed by atoms with Crippen LogP contribution >= 0.6 is 0 Å². The van der Waals surface area contributed by atoms with Gasteiger partial charge in [0.05, 0.1) is 30.3 Å². The summed E-state index contributed by atoms with van der Waals surface area (Å²) in [6.45, 7) is 8.43. The molecule has 0 saturated carbocycles. The molecule has 0 bridgehead atoms. The summed E-state index contributed by atoms with van der Waals surface area (Å²) >= 11 is 0. The molecule has 2 aliphatic rings. The number of aliphatic hydroxyl groups excluding tert-OH is 1. The predicted octanol–water partition coefficient (Wildman–Crippen LogP) is 2.06. The van der Waals surface area contributed by atoms with Crippen molar-refractivity contribution in [2.24, 2.45) is 0 Å². The standard InChI is InChI=1S/C22H36N2O5S/c1-3-18(2)19-6-8-22(9-7-19)30(26,27)24-12-10-23(11-13-24)15-20(25)16-28-17-21-5-4-14-29-21/h6-9,18,20-21,25H,3-5,10-17H2,1-2H3/t18-,20-,21+/m0/s1. The minimum absolute atomic E-state index is 0.158. The van der Waals surface area contributed by atoms with Gasteiger partial charge < -0.3 is 14.6 Å². The fourth-order valence-electron chi connectivity index (χ4n) is 3.97. The lowest BCUT2D eigenvalue weighted by atomic mass is 9.99. The molecule has 3 atom stereocenters. The Labute approximate surface area is 181 Å². The van der Waals surface area contributed by atoms with E-state index in [1.54, 1.807) is 16.4 Å². The van der Waals surface area contributed by atoms with Crippen LogP contribution in [0.3, 0.4) is 0 Å². The number of benzene rings is 1. The number of aliphatic hydroxyl groups is 1. The Morgan fingerprint density at radius 3 is 2.50 bits per heavy atom. The lowest BCUT2D eigenvalue weighted by Gasteiger charge is -2.35.